The Bertz CT molecular complexity index is 5680. The number of likely N-dealkylation sites (tertiary alicyclic amines) is 2. The van der Waals surface area contributed by atoms with Crippen LogP contribution < -0.4 is 46.5 Å². The van der Waals surface area contributed by atoms with Gasteiger partial charge in [-0.05, 0) is 154 Å². The molecule has 12 atom stereocenters. The minimum absolute atomic E-state index is 0.0779. The Balaban J connectivity index is 0.834. The number of benzene rings is 6. The Kier molecular flexibility index (Phi) is 31.3. The topological polar surface area (TPSA) is 478 Å². The van der Waals surface area contributed by atoms with Crippen molar-refractivity contribution in [3.63, 3.8) is 0 Å². The molecule has 2 aliphatic heterocycles. The summed E-state index contributed by atoms with van der Waals surface area (Å²) >= 11 is 0. The lowest BCUT2D eigenvalue weighted by atomic mass is 9.85. The normalized spacial score (nSPS) is 17.8. The van der Waals surface area contributed by atoms with Crippen molar-refractivity contribution in [3.8, 4) is 11.5 Å². The number of methoxy groups -OCH3 is 1. The van der Waals surface area contributed by atoms with Gasteiger partial charge in [0, 0.05) is 59.3 Å². The molecule has 3 aliphatic rings. The van der Waals surface area contributed by atoms with Crippen LogP contribution in [0.5, 0.6) is 11.5 Å². The Morgan fingerprint density at radius 1 is 0.492 bits per heavy atom. The Morgan fingerprint density at radius 2 is 0.871 bits per heavy atom. The van der Waals surface area contributed by atoms with Gasteiger partial charge in [0.05, 0.1) is 36.8 Å². The molecule has 8 aromatic rings. The van der Waals surface area contributed by atoms with Crippen LogP contribution in [0.3, 0.4) is 0 Å². The summed E-state index contributed by atoms with van der Waals surface area (Å²) in [4.78, 5) is 176. The molecule has 0 spiro atoms. The van der Waals surface area contributed by atoms with Crippen molar-refractivity contribution in [3.05, 3.63) is 179 Å². The number of aromatic nitrogens is 6. The van der Waals surface area contributed by atoms with Crippen LogP contribution in [-0.2, 0) is 111 Å². The molecule has 1 saturated carbocycles. The van der Waals surface area contributed by atoms with E-state index < -0.39 is 181 Å². The van der Waals surface area contributed by atoms with Gasteiger partial charge in [0.15, 0.2) is 0 Å². The van der Waals surface area contributed by atoms with E-state index in [0.717, 1.165) is 36.9 Å². The van der Waals surface area contributed by atoms with Gasteiger partial charge in [0.2, 0.25) is 51.4 Å². The molecule has 0 radical (unpaired) electrons. The number of rotatable bonds is 35. The number of ether oxygens (including phenoxy) is 5. The molecular weight excluding hydrogens is 1720 g/mol. The number of esters is 1. The van der Waals surface area contributed by atoms with E-state index >= 15 is 19.2 Å². The molecule has 132 heavy (non-hydrogen) atoms. The quantitative estimate of drug-likeness (QED) is 0.0145. The van der Waals surface area contributed by atoms with Crippen LogP contribution >= 0.6 is 0 Å². The number of sulfonamides is 1. The van der Waals surface area contributed by atoms with Crippen molar-refractivity contribution in [2.45, 2.75) is 250 Å². The van der Waals surface area contributed by atoms with Gasteiger partial charge in [-0.15, -0.1) is 10.2 Å². The fourth-order valence-electron chi connectivity index (χ4n) is 15.4. The van der Waals surface area contributed by atoms with Crippen LogP contribution in [0.25, 0.3) is 21.5 Å². The van der Waals surface area contributed by atoms with E-state index in [1.54, 1.807) is 156 Å². The van der Waals surface area contributed by atoms with Gasteiger partial charge in [0.1, 0.15) is 108 Å². The average Bonchev–Trinajstić information content (AvgIpc) is 1.65. The van der Waals surface area contributed by atoms with Crippen LogP contribution in [0, 0.1) is 10.8 Å². The molecular formula is C94H121N17O20S. The van der Waals surface area contributed by atoms with Crippen molar-refractivity contribution in [2.75, 3.05) is 34.3 Å². The SMILES string of the molecule is COC(=O)[C@@H](N)Cc1ccc(OCc2cn([C@H]3C[C@@H](C(=O)N[C@@H](Cc4ccc5ccccc5c4)C(=O)N[C@@H](Cc4ccc(OCc5cn([C@H]6C[C@@H](C(=O)N[C@@H](Cc7ccc8ccccc8c7)C(=O)O)N(C(=O)[C@H](NC(=O)[C@H](C)N(C)C(=O)OC(C)(C)C)C(C)(C)C)C6)nn5)cc4)C(=O)NS(=O)(=O)C4CC4)N(C(=O)[C@@H](NC(=O)[C@H](C)N(C)C(=O)OC(C)(C)C)C(C)(C)C)C3)nn2)cc1. The second-order valence-electron chi connectivity index (χ2n) is 38.2. The number of carboxylic acids is 1. The fourth-order valence-corrected chi connectivity index (χ4v) is 16.7. The lowest BCUT2D eigenvalue weighted by molar-refractivity contribution is -0.146. The first-order chi connectivity index (χ1) is 62.0. The summed E-state index contributed by atoms with van der Waals surface area (Å²) < 4.78 is 60.6. The van der Waals surface area contributed by atoms with E-state index in [-0.39, 0.29) is 89.1 Å². The molecule has 0 bridgehead atoms. The third-order valence-electron chi connectivity index (χ3n) is 23.3. The maximum absolute atomic E-state index is 15.7. The molecule has 6 aromatic carbocycles. The van der Waals surface area contributed by atoms with E-state index in [1.165, 1.54) is 54.2 Å². The molecule has 1 aliphatic carbocycles. The predicted octanol–water partition coefficient (Wildman–Crippen LogP) is 7.11. The van der Waals surface area contributed by atoms with E-state index in [2.05, 4.69) is 51.9 Å². The number of aliphatic carboxylic acids is 1. The lowest BCUT2D eigenvalue weighted by Crippen LogP contribution is -2.61. The van der Waals surface area contributed by atoms with Crippen LogP contribution in [-0.4, -0.2) is 246 Å². The van der Waals surface area contributed by atoms with E-state index in [0.29, 0.717) is 28.1 Å². The summed E-state index contributed by atoms with van der Waals surface area (Å²) in [5.41, 5.74) is 5.11. The second-order valence-corrected chi connectivity index (χ2v) is 40.2. The molecule has 0 unspecified atom stereocenters. The summed E-state index contributed by atoms with van der Waals surface area (Å²) in [5, 5.41) is 44.8. The average molecular weight is 1840 g/mol. The minimum atomic E-state index is -4.25. The molecule has 9 N–H and O–H groups in total. The number of carbonyl (C=O) groups excluding carboxylic acids is 11. The van der Waals surface area contributed by atoms with Gasteiger partial charge in [-0.2, -0.15) is 0 Å². The van der Waals surface area contributed by atoms with Gasteiger partial charge in [-0.1, -0.05) is 161 Å². The molecule has 38 heteroatoms. The van der Waals surface area contributed by atoms with Crippen molar-refractivity contribution >= 4 is 103 Å². The van der Waals surface area contributed by atoms with Crippen molar-refractivity contribution in [2.24, 2.45) is 16.6 Å². The zero-order valence-corrected chi connectivity index (χ0v) is 78.3. The molecule has 4 heterocycles. The van der Waals surface area contributed by atoms with E-state index in [4.69, 9.17) is 29.4 Å². The highest BCUT2D eigenvalue weighted by Gasteiger charge is 2.50. The number of fused-ring (bicyclic) bond motifs is 2. The molecule has 2 aromatic heterocycles. The Hall–Kier alpha value is -13.1. The third-order valence-corrected chi connectivity index (χ3v) is 25.1. The zero-order valence-electron chi connectivity index (χ0n) is 77.5. The number of hydrogen-bond acceptors (Lipinski definition) is 24. The molecule has 2 saturated heterocycles. The smallest absolute Gasteiger partial charge is 0.410 e. The second kappa shape index (κ2) is 41.5. The predicted molar refractivity (Wildman–Crippen MR) is 486 cm³/mol. The standard InChI is InChI=1S/C94H121N17O20S/c1-54(106(15)89(123)130-93(9,10)11)79(112)99-77(91(3,4)5)85(118)108-50-66(110-48-64(101-104-110)52-128-68-34-28-56(29-35-68)42-71(95)88(122)127-17)46-75(108)83(116)97-72(44-58-26-32-60-22-18-20-24-62(60)40-58)81(114)96-73(82(115)103-132(125,126)70-38-39-70)43-57-30-36-69(37-31-57)129-53-65-49-111(105-102-65)67-47-76(84(117)98-74(87(120)121)45-59-27-33-61-23-19-21-25-63(61)41-59)109(51-67)86(119)78(92(6,7)8)100-80(113)55(2)107(16)90(124)131-94(12,13)14/h18-37,40-41,48-49,54-55,66-67,70-78H,38-39,42-47,50-53,95H2,1-17H3,(H,96,114)(H,97,116)(H,98,117)(H,99,112)(H,100,113)(H,103,115)(H,120,121)/t54-,55-,66-,67-,71-,72-,73-,74-,75-,76-,77+,78-/m0/s1. The fraction of sp³-hybridized carbons (Fsp3) is 0.489. The van der Waals surface area contributed by atoms with Crippen LogP contribution in [0.2, 0.25) is 0 Å². The number of nitrogens with zero attached hydrogens (tertiary/aromatic N) is 10. The number of nitrogens with one attached hydrogen (secondary N) is 6. The third kappa shape index (κ3) is 26.2. The maximum atomic E-state index is 15.7. The summed E-state index contributed by atoms with van der Waals surface area (Å²) in [6, 6.07) is 24.4. The molecule has 708 valence electrons. The number of nitrogens with two attached hydrogens (primary N) is 1. The Labute approximate surface area is 767 Å². The minimum Gasteiger partial charge on any atom is -0.487 e. The van der Waals surface area contributed by atoms with Gasteiger partial charge < -0.3 is 70.9 Å². The first-order valence-electron chi connectivity index (χ1n) is 43.9. The largest absolute Gasteiger partial charge is 0.487 e. The van der Waals surface area contributed by atoms with Crippen LogP contribution in [0.4, 0.5) is 9.59 Å². The molecule has 11 rings (SSSR count). The number of carbonyl (C=O) groups is 12. The first kappa shape index (κ1) is 99.4. The Morgan fingerprint density at radius 3 is 1.27 bits per heavy atom. The van der Waals surface area contributed by atoms with Crippen molar-refractivity contribution in [1.82, 2.24) is 80.9 Å². The first-order valence-corrected chi connectivity index (χ1v) is 45.4. The highest BCUT2D eigenvalue weighted by molar-refractivity contribution is 7.91. The van der Waals surface area contributed by atoms with E-state index in [1.807, 2.05) is 72.8 Å². The van der Waals surface area contributed by atoms with Crippen LogP contribution in [0.15, 0.2) is 146 Å². The lowest BCUT2D eigenvalue weighted by Gasteiger charge is -2.37. The summed E-state index contributed by atoms with van der Waals surface area (Å²) in [5.74, 6) is -7.59. The van der Waals surface area contributed by atoms with E-state index in [9.17, 15) is 51.9 Å². The van der Waals surface area contributed by atoms with Gasteiger partial charge in [-0.3, -0.25) is 57.7 Å². The van der Waals surface area contributed by atoms with Crippen molar-refractivity contribution < 1.29 is 94.7 Å². The monoisotopic (exact) mass is 1840 g/mol. The summed E-state index contributed by atoms with van der Waals surface area (Å²) in [6.45, 7) is 22.7. The molecule has 3 fully saturated rings. The van der Waals surface area contributed by atoms with Gasteiger partial charge in [0.25, 0.3) is 5.91 Å². The maximum Gasteiger partial charge on any atom is 0.410 e. The molecule has 10 amide bonds. The summed E-state index contributed by atoms with van der Waals surface area (Å²) in [6.07, 6.45) is 1.52. The van der Waals surface area contributed by atoms with Gasteiger partial charge in [-0.25, -0.2) is 32.2 Å². The zero-order chi connectivity index (χ0) is 96.4. The number of amides is 10. The highest BCUT2D eigenvalue weighted by atomic mass is 32.2. The molecule has 37 nitrogen and oxygen atoms in total. The summed E-state index contributed by atoms with van der Waals surface area (Å²) in [7, 11) is -0.218. The van der Waals surface area contributed by atoms with Gasteiger partial charge >= 0.3 is 24.1 Å². The number of carboxylic acid groups (broad SMARTS) is 1. The number of hydrogen-bond donors (Lipinski definition) is 8. The highest BCUT2D eigenvalue weighted by Crippen LogP contribution is 2.36. The van der Waals surface area contributed by atoms with Crippen molar-refractivity contribution in [1.29, 1.82) is 0 Å². The number of likely N-dealkylation sites (N-methyl/N-ethyl adjacent to an activating group) is 2. The van der Waals surface area contributed by atoms with Crippen LogP contribution in [0.1, 0.15) is 168 Å².